The molecule has 1 aliphatic heterocycles. The summed E-state index contributed by atoms with van der Waals surface area (Å²) in [5.74, 6) is 0.0920. The Morgan fingerprint density at radius 3 is 2.50 bits per heavy atom. The molecule has 10 heteroatoms. The van der Waals surface area contributed by atoms with E-state index in [4.69, 9.17) is 0 Å². The first kappa shape index (κ1) is 20.8. The molecular formula is C16H26N4O4S2. The zero-order chi connectivity index (χ0) is 19.2. The molecule has 1 saturated heterocycles. The highest BCUT2D eigenvalue weighted by atomic mass is 32.2. The van der Waals surface area contributed by atoms with Crippen LogP contribution in [0.25, 0.3) is 0 Å². The maximum Gasteiger partial charge on any atom is 0.321 e. The topological polar surface area (TPSA) is 98.8 Å². The summed E-state index contributed by atoms with van der Waals surface area (Å²) in [6, 6.07) is 2.82. The van der Waals surface area contributed by atoms with Crippen LogP contribution in [0.4, 0.5) is 4.79 Å². The van der Waals surface area contributed by atoms with Crippen molar-refractivity contribution in [2.45, 2.75) is 24.5 Å². The molecule has 26 heavy (non-hydrogen) atoms. The molecule has 3 amide bonds. The van der Waals surface area contributed by atoms with Crippen molar-refractivity contribution < 1.29 is 18.0 Å². The van der Waals surface area contributed by atoms with Gasteiger partial charge in [0.15, 0.2) is 0 Å². The second-order valence-corrected chi connectivity index (χ2v) is 9.71. The molecule has 146 valence electrons. The van der Waals surface area contributed by atoms with Crippen molar-refractivity contribution in [2.75, 3.05) is 39.3 Å². The number of nitrogens with zero attached hydrogens (tertiary/aromatic N) is 2. The van der Waals surface area contributed by atoms with E-state index in [0.717, 1.165) is 6.42 Å². The number of rotatable bonds is 7. The number of carbonyl (C=O) groups is 2. The summed E-state index contributed by atoms with van der Waals surface area (Å²) >= 11 is 1.20. The number of imide groups is 1. The Morgan fingerprint density at radius 2 is 1.92 bits per heavy atom. The first-order chi connectivity index (χ1) is 12.3. The molecule has 0 atom stereocenters. The van der Waals surface area contributed by atoms with Gasteiger partial charge in [0, 0.05) is 32.7 Å². The first-order valence-electron chi connectivity index (χ1n) is 8.62. The van der Waals surface area contributed by atoms with Crippen LogP contribution in [-0.4, -0.2) is 68.8 Å². The Bertz CT molecular complexity index is 696. The van der Waals surface area contributed by atoms with Crippen LogP contribution in [0.3, 0.4) is 0 Å². The van der Waals surface area contributed by atoms with E-state index in [9.17, 15) is 18.0 Å². The largest absolute Gasteiger partial charge is 0.338 e. The molecule has 0 aromatic carbocycles. The highest BCUT2D eigenvalue weighted by molar-refractivity contribution is 7.91. The summed E-state index contributed by atoms with van der Waals surface area (Å²) in [5, 5.41) is 6.69. The normalized spacial score (nSPS) is 16.6. The van der Waals surface area contributed by atoms with Crippen molar-refractivity contribution in [2.24, 2.45) is 5.92 Å². The van der Waals surface area contributed by atoms with E-state index in [0.29, 0.717) is 42.9 Å². The van der Waals surface area contributed by atoms with Crippen LogP contribution >= 0.6 is 11.3 Å². The second-order valence-electron chi connectivity index (χ2n) is 6.60. The Labute approximate surface area is 158 Å². The molecule has 0 radical (unpaired) electrons. The molecule has 2 rings (SSSR count). The van der Waals surface area contributed by atoms with E-state index in [-0.39, 0.29) is 12.5 Å². The SMILES string of the molecule is CC(C)CCNC(=O)NC(=O)CN1CCN(S(=O)(=O)c2cccs2)CC1. The Balaban J connectivity index is 1.73. The predicted octanol–water partition coefficient (Wildman–Crippen LogP) is 0.926. The fourth-order valence-corrected chi connectivity index (χ4v) is 5.12. The standard InChI is InChI=1S/C16H26N4O4S2/c1-13(2)5-6-17-16(22)18-14(21)12-19-7-9-20(10-8-19)26(23,24)15-4-3-11-25-15/h3-4,11,13H,5-10,12H2,1-2H3,(H2,17,18,21,22). The third-order valence-corrected chi connectivity index (χ3v) is 7.32. The number of urea groups is 1. The van der Waals surface area contributed by atoms with Gasteiger partial charge in [-0.3, -0.25) is 15.0 Å². The summed E-state index contributed by atoms with van der Waals surface area (Å²) in [6.45, 7) is 6.27. The highest BCUT2D eigenvalue weighted by Crippen LogP contribution is 2.21. The molecule has 1 aromatic heterocycles. The van der Waals surface area contributed by atoms with Gasteiger partial charge in [-0.15, -0.1) is 11.3 Å². The molecule has 0 unspecified atom stereocenters. The fourth-order valence-electron chi connectivity index (χ4n) is 2.55. The number of hydrogen-bond donors (Lipinski definition) is 2. The Kier molecular flexibility index (Phi) is 7.56. The highest BCUT2D eigenvalue weighted by Gasteiger charge is 2.29. The van der Waals surface area contributed by atoms with Crippen LogP contribution in [0.2, 0.25) is 0 Å². The van der Waals surface area contributed by atoms with Gasteiger partial charge >= 0.3 is 6.03 Å². The number of carbonyl (C=O) groups excluding carboxylic acids is 2. The fraction of sp³-hybridized carbons (Fsp3) is 0.625. The van der Waals surface area contributed by atoms with Gasteiger partial charge in [0.2, 0.25) is 5.91 Å². The molecule has 2 heterocycles. The van der Waals surface area contributed by atoms with Crippen LogP contribution in [0.1, 0.15) is 20.3 Å². The average molecular weight is 403 g/mol. The van der Waals surface area contributed by atoms with Crippen molar-refractivity contribution in [3.8, 4) is 0 Å². The zero-order valence-electron chi connectivity index (χ0n) is 15.1. The van der Waals surface area contributed by atoms with Gasteiger partial charge in [-0.05, 0) is 23.8 Å². The molecule has 0 aliphatic carbocycles. The monoisotopic (exact) mass is 402 g/mol. The third-order valence-electron chi connectivity index (χ3n) is 4.05. The third kappa shape index (κ3) is 6.04. The number of sulfonamides is 1. The smallest absolute Gasteiger partial charge is 0.321 e. The molecule has 1 aliphatic rings. The summed E-state index contributed by atoms with van der Waals surface area (Å²) in [7, 11) is -3.45. The second kappa shape index (κ2) is 9.45. The summed E-state index contributed by atoms with van der Waals surface area (Å²) in [6.07, 6.45) is 0.849. The van der Waals surface area contributed by atoms with Crippen molar-refractivity contribution in [1.82, 2.24) is 19.8 Å². The minimum Gasteiger partial charge on any atom is -0.338 e. The molecule has 8 nitrogen and oxygen atoms in total. The van der Waals surface area contributed by atoms with Crippen LogP contribution < -0.4 is 10.6 Å². The number of piperazine rings is 1. The minimum absolute atomic E-state index is 0.0739. The number of nitrogens with one attached hydrogen (secondary N) is 2. The van der Waals surface area contributed by atoms with E-state index >= 15 is 0 Å². The number of hydrogen-bond acceptors (Lipinski definition) is 6. The van der Waals surface area contributed by atoms with E-state index in [2.05, 4.69) is 24.5 Å². The van der Waals surface area contributed by atoms with Gasteiger partial charge in [0.05, 0.1) is 6.54 Å². The van der Waals surface area contributed by atoms with Crippen molar-refractivity contribution in [3.05, 3.63) is 17.5 Å². The molecular weight excluding hydrogens is 376 g/mol. The Hall–Kier alpha value is -1.49. The van der Waals surface area contributed by atoms with E-state index in [1.165, 1.54) is 15.6 Å². The number of amides is 3. The average Bonchev–Trinajstić information content (AvgIpc) is 3.10. The molecule has 0 bridgehead atoms. The van der Waals surface area contributed by atoms with Gasteiger partial charge in [0.1, 0.15) is 4.21 Å². The van der Waals surface area contributed by atoms with E-state index in [1.54, 1.807) is 17.5 Å². The van der Waals surface area contributed by atoms with Crippen LogP contribution in [0, 0.1) is 5.92 Å². The molecule has 0 saturated carbocycles. The first-order valence-corrected chi connectivity index (χ1v) is 10.9. The maximum atomic E-state index is 12.5. The van der Waals surface area contributed by atoms with Crippen molar-refractivity contribution in [3.63, 3.8) is 0 Å². The summed E-state index contributed by atoms with van der Waals surface area (Å²) in [4.78, 5) is 25.4. The molecule has 1 aromatic rings. The maximum absolute atomic E-state index is 12.5. The summed E-state index contributed by atoms with van der Waals surface area (Å²) < 4.78 is 26.7. The molecule has 0 spiro atoms. The Morgan fingerprint density at radius 1 is 1.23 bits per heavy atom. The zero-order valence-corrected chi connectivity index (χ0v) is 16.7. The van der Waals surface area contributed by atoms with Gasteiger partial charge in [-0.2, -0.15) is 4.31 Å². The summed E-state index contributed by atoms with van der Waals surface area (Å²) in [5.41, 5.74) is 0. The quantitative estimate of drug-likeness (QED) is 0.707. The lowest BCUT2D eigenvalue weighted by Crippen LogP contribution is -2.52. The van der Waals surface area contributed by atoms with Crippen LogP contribution in [0.15, 0.2) is 21.7 Å². The molecule has 2 N–H and O–H groups in total. The van der Waals surface area contributed by atoms with Gasteiger partial charge in [-0.25, -0.2) is 13.2 Å². The van der Waals surface area contributed by atoms with Crippen LogP contribution in [0.5, 0.6) is 0 Å². The van der Waals surface area contributed by atoms with Gasteiger partial charge in [-0.1, -0.05) is 19.9 Å². The van der Waals surface area contributed by atoms with Gasteiger partial charge < -0.3 is 5.32 Å². The minimum atomic E-state index is -3.45. The van der Waals surface area contributed by atoms with Crippen LogP contribution in [-0.2, 0) is 14.8 Å². The lowest BCUT2D eigenvalue weighted by atomic mass is 10.1. The number of thiophene rings is 1. The molecule has 1 fully saturated rings. The van der Waals surface area contributed by atoms with Gasteiger partial charge in [0.25, 0.3) is 10.0 Å². The van der Waals surface area contributed by atoms with E-state index in [1.807, 2.05) is 4.90 Å². The lowest BCUT2D eigenvalue weighted by Gasteiger charge is -2.33. The van der Waals surface area contributed by atoms with Crippen molar-refractivity contribution >= 4 is 33.3 Å². The lowest BCUT2D eigenvalue weighted by molar-refractivity contribution is -0.121. The van der Waals surface area contributed by atoms with E-state index < -0.39 is 16.1 Å². The van der Waals surface area contributed by atoms with Crippen molar-refractivity contribution in [1.29, 1.82) is 0 Å². The predicted molar refractivity (Wildman–Crippen MR) is 101 cm³/mol.